The summed E-state index contributed by atoms with van der Waals surface area (Å²) in [5.74, 6) is 0. The van der Waals surface area contributed by atoms with Gasteiger partial charge in [0, 0.05) is 20.1 Å². The highest BCUT2D eigenvalue weighted by molar-refractivity contribution is 5.92. The zero-order valence-electron chi connectivity index (χ0n) is 10.3. The minimum Gasteiger partial charge on any atom is -0.378 e. The minimum absolute atomic E-state index is 0.0963. The topological polar surface area (TPSA) is 56.6 Å². The fourth-order valence-corrected chi connectivity index (χ4v) is 1.93. The summed E-state index contributed by atoms with van der Waals surface area (Å²) < 4.78 is 5.22. The second-order valence-electron chi connectivity index (χ2n) is 4.07. The summed E-state index contributed by atoms with van der Waals surface area (Å²) in [4.78, 5) is 15.5. The number of anilines is 1. The molecule has 2 rings (SSSR count). The number of carbonyl (C=O) groups is 1. The van der Waals surface area contributed by atoms with Gasteiger partial charge in [-0.15, -0.1) is 0 Å². The van der Waals surface area contributed by atoms with Crippen LogP contribution in [0.2, 0.25) is 0 Å². The number of benzene rings is 1. The maximum Gasteiger partial charge on any atom is 0.324 e. The molecule has 1 aliphatic heterocycles. The average Bonchev–Trinajstić information content (AvgIpc) is 2.46. The van der Waals surface area contributed by atoms with Gasteiger partial charge in [0.1, 0.15) is 6.07 Å². The highest BCUT2D eigenvalue weighted by Crippen LogP contribution is 2.19. The number of hydrogen-bond donors (Lipinski definition) is 0. The predicted octanol–water partition coefficient (Wildman–Crippen LogP) is 1.45. The lowest BCUT2D eigenvalue weighted by Crippen LogP contribution is -2.47. The van der Waals surface area contributed by atoms with Gasteiger partial charge in [-0.25, -0.2) is 4.79 Å². The second-order valence-corrected chi connectivity index (χ2v) is 4.07. The molecule has 0 bridgehead atoms. The fraction of sp³-hybridized carbons (Fsp3) is 0.385. The number of amides is 2. The zero-order chi connectivity index (χ0) is 13.0. The van der Waals surface area contributed by atoms with E-state index in [1.165, 1.54) is 4.90 Å². The van der Waals surface area contributed by atoms with Crippen LogP contribution in [0, 0.1) is 11.3 Å². The number of ether oxygens (including phenoxy) is 1. The maximum absolute atomic E-state index is 12.3. The molecule has 0 unspecified atom stereocenters. The molecule has 1 fully saturated rings. The second kappa shape index (κ2) is 5.52. The van der Waals surface area contributed by atoms with E-state index in [1.807, 2.05) is 6.07 Å². The Morgan fingerprint density at radius 3 is 2.72 bits per heavy atom. The molecule has 0 aromatic heterocycles. The van der Waals surface area contributed by atoms with E-state index in [2.05, 4.69) is 6.07 Å². The van der Waals surface area contributed by atoms with Crippen molar-refractivity contribution in [1.82, 2.24) is 4.90 Å². The molecule has 2 amide bonds. The number of rotatable bonds is 1. The summed E-state index contributed by atoms with van der Waals surface area (Å²) in [6.07, 6.45) is 0. The Bertz CT molecular complexity index is 475. The fourth-order valence-electron chi connectivity index (χ4n) is 1.93. The molecule has 1 aliphatic rings. The number of morpholine rings is 1. The van der Waals surface area contributed by atoms with Crippen molar-refractivity contribution in [1.29, 1.82) is 5.26 Å². The molecule has 0 spiro atoms. The van der Waals surface area contributed by atoms with Crippen molar-refractivity contribution in [2.75, 3.05) is 38.3 Å². The molecule has 0 aliphatic carbocycles. The molecular formula is C13H15N3O2. The molecule has 1 heterocycles. The zero-order valence-corrected chi connectivity index (χ0v) is 10.3. The summed E-state index contributed by atoms with van der Waals surface area (Å²) in [7, 11) is 1.69. The summed E-state index contributed by atoms with van der Waals surface area (Å²) >= 11 is 0. The van der Waals surface area contributed by atoms with E-state index in [0.717, 1.165) is 0 Å². The largest absolute Gasteiger partial charge is 0.378 e. The monoisotopic (exact) mass is 245 g/mol. The summed E-state index contributed by atoms with van der Waals surface area (Å²) in [6, 6.07) is 9.09. The van der Waals surface area contributed by atoms with Crippen molar-refractivity contribution in [2.24, 2.45) is 0 Å². The SMILES string of the molecule is CN(C(=O)N1CCOCC1)c1ccccc1C#N. The van der Waals surface area contributed by atoms with Crippen LogP contribution in [0.15, 0.2) is 24.3 Å². The van der Waals surface area contributed by atoms with Gasteiger partial charge in [-0.3, -0.25) is 4.90 Å². The van der Waals surface area contributed by atoms with E-state index in [-0.39, 0.29) is 6.03 Å². The molecular weight excluding hydrogens is 230 g/mol. The Hall–Kier alpha value is -2.06. The summed E-state index contributed by atoms with van der Waals surface area (Å²) in [5.41, 5.74) is 1.14. The summed E-state index contributed by atoms with van der Waals surface area (Å²) in [6.45, 7) is 2.33. The van der Waals surface area contributed by atoms with Crippen LogP contribution < -0.4 is 4.90 Å². The van der Waals surface area contributed by atoms with Crippen LogP contribution in [0.25, 0.3) is 0 Å². The standard InChI is InChI=1S/C13H15N3O2/c1-15(12-5-3-2-4-11(12)10-14)13(17)16-6-8-18-9-7-16/h2-5H,6-9H2,1H3. The van der Waals surface area contributed by atoms with Gasteiger partial charge >= 0.3 is 6.03 Å². The van der Waals surface area contributed by atoms with Crippen molar-refractivity contribution in [2.45, 2.75) is 0 Å². The third-order valence-electron chi connectivity index (χ3n) is 2.95. The predicted molar refractivity (Wildman–Crippen MR) is 67.3 cm³/mol. The van der Waals surface area contributed by atoms with E-state index < -0.39 is 0 Å². The lowest BCUT2D eigenvalue weighted by Gasteiger charge is -2.31. The molecule has 0 atom stereocenters. The lowest BCUT2D eigenvalue weighted by molar-refractivity contribution is 0.0551. The van der Waals surface area contributed by atoms with Gasteiger partial charge in [0.15, 0.2) is 0 Å². The average molecular weight is 245 g/mol. The summed E-state index contributed by atoms with van der Waals surface area (Å²) in [5, 5.41) is 9.04. The Labute approximate surface area is 106 Å². The smallest absolute Gasteiger partial charge is 0.324 e. The van der Waals surface area contributed by atoms with E-state index in [0.29, 0.717) is 37.6 Å². The van der Waals surface area contributed by atoms with E-state index >= 15 is 0 Å². The molecule has 0 radical (unpaired) electrons. The van der Waals surface area contributed by atoms with Crippen LogP contribution >= 0.6 is 0 Å². The van der Waals surface area contributed by atoms with Crippen LogP contribution in [-0.2, 0) is 4.74 Å². The van der Waals surface area contributed by atoms with Crippen molar-refractivity contribution in [3.63, 3.8) is 0 Å². The van der Waals surface area contributed by atoms with Gasteiger partial charge in [-0.05, 0) is 12.1 Å². The number of nitriles is 1. The van der Waals surface area contributed by atoms with Crippen molar-refractivity contribution < 1.29 is 9.53 Å². The first-order valence-electron chi connectivity index (χ1n) is 5.83. The molecule has 0 saturated carbocycles. The van der Waals surface area contributed by atoms with E-state index in [4.69, 9.17) is 10.00 Å². The Morgan fingerprint density at radius 2 is 2.06 bits per heavy atom. The molecule has 1 aromatic carbocycles. The van der Waals surface area contributed by atoms with Gasteiger partial charge in [0.2, 0.25) is 0 Å². The molecule has 5 nitrogen and oxygen atoms in total. The quantitative estimate of drug-likeness (QED) is 0.752. The third kappa shape index (κ3) is 2.44. The van der Waals surface area contributed by atoms with Gasteiger partial charge in [0.05, 0.1) is 24.5 Å². The number of nitrogens with zero attached hydrogens (tertiary/aromatic N) is 3. The van der Waals surface area contributed by atoms with Crippen LogP contribution in [-0.4, -0.2) is 44.3 Å². The van der Waals surface area contributed by atoms with Crippen LogP contribution in [0.3, 0.4) is 0 Å². The normalized spacial score (nSPS) is 15.0. The van der Waals surface area contributed by atoms with Crippen LogP contribution in [0.1, 0.15) is 5.56 Å². The molecule has 18 heavy (non-hydrogen) atoms. The maximum atomic E-state index is 12.3. The Kier molecular flexibility index (Phi) is 3.80. The van der Waals surface area contributed by atoms with Crippen molar-refractivity contribution in [3.05, 3.63) is 29.8 Å². The third-order valence-corrected chi connectivity index (χ3v) is 2.95. The Balaban J connectivity index is 2.17. The number of carbonyl (C=O) groups excluding carboxylic acids is 1. The highest BCUT2D eigenvalue weighted by Gasteiger charge is 2.22. The van der Waals surface area contributed by atoms with Gasteiger partial charge in [0.25, 0.3) is 0 Å². The molecule has 1 saturated heterocycles. The number of hydrogen-bond acceptors (Lipinski definition) is 3. The van der Waals surface area contributed by atoms with E-state index in [9.17, 15) is 4.79 Å². The number of para-hydroxylation sites is 1. The van der Waals surface area contributed by atoms with Crippen LogP contribution in [0.4, 0.5) is 10.5 Å². The lowest BCUT2D eigenvalue weighted by atomic mass is 10.2. The first-order chi connectivity index (χ1) is 8.74. The molecule has 0 N–H and O–H groups in total. The van der Waals surface area contributed by atoms with Gasteiger partial charge < -0.3 is 9.64 Å². The van der Waals surface area contributed by atoms with E-state index in [1.54, 1.807) is 30.1 Å². The Morgan fingerprint density at radius 1 is 1.39 bits per heavy atom. The van der Waals surface area contributed by atoms with Crippen LogP contribution in [0.5, 0.6) is 0 Å². The molecule has 1 aromatic rings. The number of urea groups is 1. The first kappa shape index (κ1) is 12.4. The molecule has 94 valence electrons. The molecule has 5 heteroatoms. The highest BCUT2D eigenvalue weighted by atomic mass is 16.5. The van der Waals surface area contributed by atoms with Gasteiger partial charge in [-0.2, -0.15) is 5.26 Å². The minimum atomic E-state index is -0.0963. The van der Waals surface area contributed by atoms with Crippen molar-refractivity contribution in [3.8, 4) is 6.07 Å². The van der Waals surface area contributed by atoms with Gasteiger partial charge in [-0.1, -0.05) is 12.1 Å². The van der Waals surface area contributed by atoms with Crippen molar-refractivity contribution >= 4 is 11.7 Å². The first-order valence-corrected chi connectivity index (χ1v) is 5.83.